The molecule has 3 amide bonds. The maximum atomic E-state index is 13.6. The van der Waals surface area contributed by atoms with E-state index in [-0.39, 0.29) is 17.8 Å². The van der Waals surface area contributed by atoms with E-state index in [0.29, 0.717) is 38.4 Å². The Morgan fingerprint density at radius 2 is 1.93 bits per heavy atom. The molecule has 2 aliphatic heterocycles. The molecule has 2 saturated heterocycles. The van der Waals surface area contributed by atoms with E-state index in [1.165, 1.54) is 0 Å². The van der Waals surface area contributed by atoms with Crippen LogP contribution in [0.3, 0.4) is 0 Å². The van der Waals surface area contributed by atoms with Gasteiger partial charge in [-0.25, -0.2) is 14.2 Å². The molecule has 3 heterocycles. The Labute approximate surface area is 161 Å². The Bertz CT molecular complexity index is 899. The lowest BCUT2D eigenvalue weighted by Crippen LogP contribution is -2.56. The van der Waals surface area contributed by atoms with Crippen molar-refractivity contribution in [3.05, 3.63) is 47.9 Å². The Kier molecular flexibility index (Phi) is 4.58. The molecule has 2 fully saturated rings. The van der Waals surface area contributed by atoms with Crippen molar-refractivity contribution in [3.8, 4) is 0 Å². The van der Waals surface area contributed by atoms with Crippen LogP contribution in [0, 0.1) is 5.82 Å². The van der Waals surface area contributed by atoms with Crippen LogP contribution < -0.4 is 15.5 Å². The van der Waals surface area contributed by atoms with Gasteiger partial charge >= 0.3 is 6.03 Å². The quantitative estimate of drug-likeness (QED) is 0.781. The predicted molar refractivity (Wildman–Crippen MR) is 101 cm³/mol. The van der Waals surface area contributed by atoms with Crippen LogP contribution in [-0.4, -0.2) is 52.5 Å². The molecule has 2 N–H and O–H groups in total. The molecule has 0 unspecified atom stereocenters. The highest BCUT2D eigenvalue weighted by atomic mass is 19.1. The SMILES string of the molecule is CNc1nc(N2CCC3(CC2)C(=O)NC(=O)N3Cc2ccccc2)ncc1F. The number of amides is 3. The van der Waals surface area contributed by atoms with Crippen molar-refractivity contribution < 1.29 is 14.0 Å². The summed E-state index contributed by atoms with van der Waals surface area (Å²) in [6, 6.07) is 9.24. The topological polar surface area (TPSA) is 90.5 Å². The van der Waals surface area contributed by atoms with Gasteiger partial charge in [0, 0.05) is 26.7 Å². The highest BCUT2D eigenvalue weighted by Gasteiger charge is 2.54. The summed E-state index contributed by atoms with van der Waals surface area (Å²) in [6.45, 7) is 1.34. The molecule has 8 nitrogen and oxygen atoms in total. The number of anilines is 2. The van der Waals surface area contributed by atoms with E-state index < -0.39 is 11.4 Å². The van der Waals surface area contributed by atoms with Crippen molar-refractivity contribution in [1.29, 1.82) is 0 Å². The minimum Gasteiger partial charge on any atom is -0.371 e. The average Bonchev–Trinajstić information content (AvgIpc) is 2.94. The van der Waals surface area contributed by atoms with E-state index in [4.69, 9.17) is 0 Å². The van der Waals surface area contributed by atoms with E-state index in [0.717, 1.165) is 11.8 Å². The van der Waals surface area contributed by atoms with Crippen molar-refractivity contribution >= 4 is 23.7 Å². The molecule has 0 aliphatic carbocycles. The predicted octanol–water partition coefficient (Wildman–Crippen LogP) is 1.75. The first-order chi connectivity index (χ1) is 13.5. The summed E-state index contributed by atoms with van der Waals surface area (Å²) in [6.07, 6.45) is 2.03. The van der Waals surface area contributed by atoms with Crippen LogP contribution in [0.25, 0.3) is 0 Å². The molecule has 0 bridgehead atoms. The Morgan fingerprint density at radius 3 is 2.61 bits per heavy atom. The van der Waals surface area contributed by atoms with E-state index in [2.05, 4.69) is 20.6 Å². The molecular formula is C19H21FN6O2. The monoisotopic (exact) mass is 384 g/mol. The van der Waals surface area contributed by atoms with Gasteiger partial charge in [0.15, 0.2) is 11.6 Å². The van der Waals surface area contributed by atoms with Gasteiger partial charge in [-0.2, -0.15) is 4.98 Å². The second kappa shape index (κ2) is 7.06. The molecular weight excluding hydrogens is 363 g/mol. The zero-order chi connectivity index (χ0) is 19.7. The molecule has 2 aliphatic rings. The summed E-state index contributed by atoms with van der Waals surface area (Å²) in [5, 5.41) is 5.17. The minimum atomic E-state index is -0.880. The highest BCUT2D eigenvalue weighted by Crippen LogP contribution is 2.35. The Hall–Kier alpha value is -3.23. The first-order valence-electron chi connectivity index (χ1n) is 9.16. The summed E-state index contributed by atoms with van der Waals surface area (Å²) >= 11 is 0. The molecule has 2 aromatic rings. The second-order valence-corrected chi connectivity index (χ2v) is 6.97. The third kappa shape index (κ3) is 3.02. The van der Waals surface area contributed by atoms with Gasteiger partial charge in [-0.3, -0.25) is 10.1 Å². The fraction of sp³-hybridized carbons (Fsp3) is 0.368. The van der Waals surface area contributed by atoms with Crippen LogP contribution in [0.2, 0.25) is 0 Å². The van der Waals surface area contributed by atoms with Gasteiger partial charge in [-0.15, -0.1) is 0 Å². The number of urea groups is 1. The molecule has 0 saturated carbocycles. The molecule has 146 valence electrons. The molecule has 1 aromatic heterocycles. The summed E-state index contributed by atoms with van der Waals surface area (Å²) in [5.41, 5.74) is 0.0876. The fourth-order valence-electron chi connectivity index (χ4n) is 3.85. The molecule has 9 heteroatoms. The second-order valence-electron chi connectivity index (χ2n) is 6.97. The van der Waals surface area contributed by atoms with Crippen LogP contribution in [0.5, 0.6) is 0 Å². The van der Waals surface area contributed by atoms with Gasteiger partial charge in [-0.05, 0) is 18.4 Å². The smallest absolute Gasteiger partial charge is 0.325 e. The van der Waals surface area contributed by atoms with Gasteiger partial charge in [0.25, 0.3) is 5.91 Å². The molecule has 0 atom stereocenters. The standard InChI is InChI=1S/C19H21FN6O2/c1-21-15-14(20)11-22-17(23-15)25-9-7-19(8-10-25)16(27)24-18(28)26(19)12-13-5-3-2-4-6-13/h2-6,11H,7-10,12H2,1H3,(H,21,22,23)(H,24,27,28). The number of nitrogens with one attached hydrogen (secondary N) is 2. The Morgan fingerprint density at radius 1 is 1.21 bits per heavy atom. The largest absolute Gasteiger partial charge is 0.371 e. The van der Waals surface area contributed by atoms with Crippen LogP contribution in [0.4, 0.5) is 21.0 Å². The summed E-state index contributed by atoms with van der Waals surface area (Å²) < 4.78 is 13.6. The number of aromatic nitrogens is 2. The van der Waals surface area contributed by atoms with Crippen molar-refractivity contribution in [2.45, 2.75) is 24.9 Å². The number of hydrogen-bond acceptors (Lipinski definition) is 6. The van der Waals surface area contributed by atoms with Crippen LogP contribution in [0.1, 0.15) is 18.4 Å². The Balaban J connectivity index is 1.54. The number of benzene rings is 1. The van der Waals surface area contributed by atoms with Crippen LogP contribution >= 0.6 is 0 Å². The molecule has 1 aromatic carbocycles. The molecule has 0 radical (unpaired) electrons. The normalized spacial score (nSPS) is 18.5. The van der Waals surface area contributed by atoms with E-state index in [1.54, 1.807) is 11.9 Å². The fourth-order valence-corrected chi connectivity index (χ4v) is 3.85. The van der Waals surface area contributed by atoms with Gasteiger partial charge < -0.3 is 15.1 Å². The van der Waals surface area contributed by atoms with E-state index >= 15 is 0 Å². The number of piperidine rings is 1. The van der Waals surface area contributed by atoms with Crippen molar-refractivity contribution in [1.82, 2.24) is 20.2 Å². The summed E-state index contributed by atoms with van der Waals surface area (Å²) in [5.74, 6) is -0.247. The third-order valence-corrected chi connectivity index (χ3v) is 5.43. The number of hydrogen-bond donors (Lipinski definition) is 2. The zero-order valence-electron chi connectivity index (χ0n) is 15.5. The number of halogens is 1. The molecule has 4 rings (SSSR count). The van der Waals surface area contributed by atoms with Crippen molar-refractivity contribution in [3.63, 3.8) is 0 Å². The van der Waals surface area contributed by atoms with Crippen LogP contribution in [0.15, 0.2) is 36.5 Å². The number of imide groups is 1. The minimum absolute atomic E-state index is 0.129. The van der Waals surface area contributed by atoms with Crippen molar-refractivity contribution in [2.75, 3.05) is 30.4 Å². The van der Waals surface area contributed by atoms with Gasteiger partial charge in [-0.1, -0.05) is 30.3 Å². The van der Waals surface area contributed by atoms with E-state index in [1.807, 2.05) is 35.2 Å². The lowest BCUT2D eigenvalue weighted by molar-refractivity contribution is -0.127. The highest BCUT2D eigenvalue weighted by molar-refractivity contribution is 6.07. The maximum absolute atomic E-state index is 13.6. The number of carbonyl (C=O) groups is 2. The van der Waals surface area contributed by atoms with Gasteiger partial charge in [0.05, 0.1) is 6.20 Å². The van der Waals surface area contributed by atoms with Crippen LogP contribution in [-0.2, 0) is 11.3 Å². The van der Waals surface area contributed by atoms with Gasteiger partial charge in [0.1, 0.15) is 5.54 Å². The first-order valence-corrected chi connectivity index (χ1v) is 9.16. The lowest BCUT2D eigenvalue weighted by Gasteiger charge is -2.42. The average molecular weight is 384 g/mol. The number of nitrogens with zero attached hydrogens (tertiary/aromatic N) is 4. The number of rotatable bonds is 4. The van der Waals surface area contributed by atoms with E-state index in [9.17, 15) is 14.0 Å². The maximum Gasteiger partial charge on any atom is 0.325 e. The first kappa shape index (κ1) is 18.1. The van der Waals surface area contributed by atoms with Crippen molar-refractivity contribution in [2.24, 2.45) is 0 Å². The number of carbonyl (C=O) groups excluding carboxylic acids is 2. The lowest BCUT2D eigenvalue weighted by atomic mass is 9.86. The van der Waals surface area contributed by atoms with Gasteiger partial charge in [0.2, 0.25) is 5.95 Å². The zero-order valence-corrected chi connectivity index (χ0v) is 15.5. The summed E-state index contributed by atoms with van der Waals surface area (Å²) in [7, 11) is 1.59. The summed E-state index contributed by atoms with van der Waals surface area (Å²) in [4.78, 5) is 36.9. The molecule has 28 heavy (non-hydrogen) atoms. The third-order valence-electron chi connectivity index (χ3n) is 5.43. The molecule has 1 spiro atoms.